The third kappa shape index (κ3) is 1.30. The molecular weight excluding hydrogens is 180 g/mol. The van der Waals surface area contributed by atoms with Gasteiger partial charge < -0.3 is 10.6 Å². The van der Waals surface area contributed by atoms with Crippen LogP contribution in [0.3, 0.4) is 0 Å². The van der Waals surface area contributed by atoms with E-state index in [0.717, 1.165) is 0 Å². The van der Waals surface area contributed by atoms with Gasteiger partial charge in [0.1, 0.15) is 17.1 Å². The van der Waals surface area contributed by atoms with Crippen LogP contribution in [-0.4, -0.2) is 21.4 Å². The first-order chi connectivity index (χ1) is 6.49. The Labute approximate surface area is 82.0 Å². The van der Waals surface area contributed by atoms with E-state index >= 15 is 0 Å². The molecule has 5 heteroatoms. The number of carbonyl (C=O) groups is 1. The first kappa shape index (κ1) is 8.93. The number of aryl methyl sites for hydroxylation is 1. The monoisotopic (exact) mass is 192 g/mol. The SMILES string of the molecule is Cc1ncc2c(n1)NC(C)(C)C(=O)N2. The highest BCUT2D eigenvalue weighted by Crippen LogP contribution is 2.27. The average Bonchev–Trinajstić information content (AvgIpc) is 2.07. The van der Waals surface area contributed by atoms with Gasteiger partial charge in [-0.05, 0) is 20.8 Å². The minimum atomic E-state index is -0.617. The van der Waals surface area contributed by atoms with E-state index in [9.17, 15) is 4.79 Å². The minimum Gasteiger partial charge on any atom is -0.355 e. The van der Waals surface area contributed by atoms with Crippen LogP contribution in [0.2, 0.25) is 0 Å². The van der Waals surface area contributed by atoms with Crippen LogP contribution in [0.4, 0.5) is 11.5 Å². The van der Waals surface area contributed by atoms with Crippen molar-refractivity contribution in [3.63, 3.8) is 0 Å². The summed E-state index contributed by atoms with van der Waals surface area (Å²) >= 11 is 0. The molecular formula is C9H12N4O. The van der Waals surface area contributed by atoms with Crippen molar-refractivity contribution in [2.24, 2.45) is 0 Å². The van der Waals surface area contributed by atoms with E-state index in [4.69, 9.17) is 0 Å². The number of rotatable bonds is 0. The zero-order chi connectivity index (χ0) is 10.3. The van der Waals surface area contributed by atoms with E-state index in [1.54, 1.807) is 6.20 Å². The smallest absolute Gasteiger partial charge is 0.249 e. The van der Waals surface area contributed by atoms with Gasteiger partial charge in [-0.3, -0.25) is 4.79 Å². The molecule has 0 spiro atoms. The van der Waals surface area contributed by atoms with Crippen LogP contribution in [0.15, 0.2) is 6.20 Å². The van der Waals surface area contributed by atoms with Crippen molar-refractivity contribution in [3.8, 4) is 0 Å². The zero-order valence-corrected chi connectivity index (χ0v) is 8.38. The average molecular weight is 192 g/mol. The number of nitrogens with zero attached hydrogens (tertiary/aromatic N) is 2. The normalized spacial score (nSPS) is 18.1. The number of aromatic nitrogens is 2. The first-order valence-electron chi connectivity index (χ1n) is 4.42. The topological polar surface area (TPSA) is 66.9 Å². The molecule has 1 aromatic rings. The lowest BCUT2D eigenvalue weighted by molar-refractivity contribution is -0.119. The fourth-order valence-electron chi connectivity index (χ4n) is 1.29. The molecule has 0 saturated carbocycles. The highest BCUT2D eigenvalue weighted by Gasteiger charge is 2.33. The van der Waals surface area contributed by atoms with Crippen molar-refractivity contribution in [3.05, 3.63) is 12.0 Å². The number of carbonyl (C=O) groups excluding carboxylic acids is 1. The van der Waals surface area contributed by atoms with Gasteiger partial charge in [0, 0.05) is 0 Å². The van der Waals surface area contributed by atoms with Gasteiger partial charge in [0.15, 0.2) is 5.82 Å². The fourth-order valence-corrected chi connectivity index (χ4v) is 1.29. The van der Waals surface area contributed by atoms with E-state index < -0.39 is 5.54 Å². The van der Waals surface area contributed by atoms with Crippen LogP contribution in [-0.2, 0) is 4.79 Å². The molecule has 5 nitrogen and oxygen atoms in total. The summed E-state index contributed by atoms with van der Waals surface area (Å²) in [6, 6.07) is 0. The van der Waals surface area contributed by atoms with Crippen LogP contribution < -0.4 is 10.6 Å². The van der Waals surface area contributed by atoms with E-state index in [1.165, 1.54) is 0 Å². The van der Waals surface area contributed by atoms with E-state index in [1.807, 2.05) is 20.8 Å². The lowest BCUT2D eigenvalue weighted by atomic mass is 10.0. The van der Waals surface area contributed by atoms with Crippen molar-refractivity contribution in [1.82, 2.24) is 9.97 Å². The summed E-state index contributed by atoms with van der Waals surface area (Å²) in [6.45, 7) is 5.43. The summed E-state index contributed by atoms with van der Waals surface area (Å²) in [5.41, 5.74) is 0.0216. The van der Waals surface area contributed by atoms with Crippen LogP contribution in [0.1, 0.15) is 19.7 Å². The molecule has 0 bridgehead atoms. The Morgan fingerprint density at radius 1 is 1.43 bits per heavy atom. The maximum Gasteiger partial charge on any atom is 0.249 e. The van der Waals surface area contributed by atoms with Gasteiger partial charge in [-0.25, -0.2) is 9.97 Å². The van der Waals surface area contributed by atoms with Crippen molar-refractivity contribution >= 4 is 17.4 Å². The second-order valence-corrected chi connectivity index (χ2v) is 3.88. The molecule has 74 valence electrons. The Kier molecular flexibility index (Phi) is 1.70. The summed E-state index contributed by atoms with van der Waals surface area (Å²) in [7, 11) is 0. The number of fused-ring (bicyclic) bond motifs is 1. The Bertz CT molecular complexity index is 400. The minimum absolute atomic E-state index is 0.0718. The van der Waals surface area contributed by atoms with E-state index in [2.05, 4.69) is 20.6 Å². The molecule has 1 aliphatic rings. The van der Waals surface area contributed by atoms with Crippen LogP contribution in [0.25, 0.3) is 0 Å². The molecule has 2 rings (SSSR count). The van der Waals surface area contributed by atoms with Gasteiger partial charge in [0.2, 0.25) is 5.91 Å². The predicted molar refractivity (Wildman–Crippen MR) is 53.1 cm³/mol. The number of hydrogen-bond donors (Lipinski definition) is 2. The van der Waals surface area contributed by atoms with E-state index in [-0.39, 0.29) is 5.91 Å². The quantitative estimate of drug-likeness (QED) is 0.641. The Hall–Kier alpha value is -1.65. The van der Waals surface area contributed by atoms with Crippen LogP contribution in [0, 0.1) is 6.92 Å². The molecule has 1 aromatic heterocycles. The third-order valence-electron chi connectivity index (χ3n) is 2.16. The highest BCUT2D eigenvalue weighted by atomic mass is 16.2. The third-order valence-corrected chi connectivity index (χ3v) is 2.16. The first-order valence-corrected chi connectivity index (χ1v) is 4.42. The van der Waals surface area contributed by atoms with Crippen molar-refractivity contribution in [1.29, 1.82) is 0 Å². The van der Waals surface area contributed by atoms with Crippen molar-refractivity contribution in [2.45, 2.75) is 26.3 Å². The lowest BCUT2D eigenvalue weighted by Crippen LogP contribution is -2.47. The van der Waals surface area contributed by atoms with Crippen molar-refractivity contribution < 1.29 is 4.79 Å². The standard InChI is InChI=1S/C9H12N4O/c1-5-10-4-6-7(11-5)13-9(2,3)8(14)12-6/h4H,1-3H3,(H,12,14)(H,10,11,13). The molecule has 0 radical (unpaired) electrons. The maximum absolute atomic E-state index is 11.5. The van der Waals surface area contributed by atoms with Gasteiger partial charge in [-0.2, -0.15) is 0 Å². The second kappa shape index (κ2) is 2.67. The molecule has 2 N–H and O–H groups in total. The highest BCUT2D eigenvalue weighted by molar-refractivity contribution is 6.04. The molecule has 1 aliphatic heterocycles. The Morgan fingerprint density at radius 2 is 2.14 bits per heavy atom. The largest absolute Gasteiger partial charge is 0.355 e. The van der Waals surface area contributed by atoms with Gasteiger partial charge >= 0.3 is 0 Å². The Morgan fingerprint density at radius 3 is 2.86 bits per heavy atom. The molecule has 1 amide bonds. The summed E-state index contributed by atoms with van der Waals surface area (Å²) < 4.78 is 0. The van der Waals surface area contributed by atoms with Gasteiger partial charge in [0.25, 0.3) is 0 Å². The molecule has 0 saturated heterocycles. The molecule has 0 fully saturated rings. The van der Waals surface area contributed by atoms with Gasteiger partial charge in [-0.15, -0.1) is 0 Å². The summed E-state index contributed by atoms with van der Waals surface area (Å²) in [4.78, 5) is 19.7. The number of hydrogen-bond acceptors (Lipinski definition) is 4. The molecule has 0 aromatic carbocycles. The summed E-state index contributed by atoms with van der Waals surface area (Å²) in [5.74, 6) is 1.29. The zero-order valence-electron chi connectivity index (χ0n) is 8.38. The predicted octanol–water partition coefficient (Wildman–Crippen LogP) is 0.928. The number of nitrogens with one attached hydrogen (secondary N) is 2. The summed E-state index contributed by atoms with van der Waals surface area (Å²) in [5, 5.41) is 5.81. The number of anilines is 2. The second-order valence-electron chi connectivity index (χ2n) is 3.88. The molecule has 0 unspecified atom stereocenters. The van der Waals surface area contributed by atoms with Gasteiger partial charge in [-0.1, -0.05) is 0 Å². The van der Waals surface area contributed by atoms with Crippen LogP contribution >= 0.6 is 0 Å². The van der Waals surface area contributed by atoms with E-state index in [0.29, 0.717) is 17.3 Å². The lowest BCUT2D eigenvalue weighted by Gasteiger charge is -2.31. The molecule has 14 heavy (non-hydrogen) atoms. The fraction of sp³-hybridized carbons (Fsp3) is 0.444. The van der Waals surface area contributed by atoms with Gasteiger partial charge in [0.05, 0.1) is 6.20 Å². The maximum atomic E-state index is 11.5. The molecule has 0 atom stereocenters. The summed E-state index contributed by atoms with van der Waals surface area (Å²) in [6.07, 6.45) is 1.61. The molecule has 2 heterocycles. The number of amides is 1. The van der Waals surface area contributed by atoms with Crippen molar-refractivity contribution in [2.75, 3.05) is 10.6 Å². The van der Waals surface area contributed by atoms with Crippen LogP contribution in [0.5, 0.6) is 0 Å². The Balaban J connectivity index is 2.46. The molecule has 0 aliphatic carbocycles.